The molecule has 12 nitrogen and oxygen atoms in total. The van der Waals surface area contributed by atoms with E-state index in [4.69, 9.17) is 35.7 Å². The van der Waals surface area contributed by atoms with E-state index in [2.05, 4.69) is 25.6 Å². The van der Waals surface area contributed by atoms with Gasteiger partial charge in [-0.2, -0.15) is 4.98 Å². The average molecular weight is 550 g/mol. The molecule has 0 radical (unpaired) electrons. The van der Waals surface area contributed by atoms with Crippen LogP contribution >= 0.6 is 11.6 Å². The fourth-order valence-corrected chi connectivity index (χ4v) is 5.32. The average Bonchev–Trinajstić information content (AvgIpc) is 3.65. The van der Waals surface area contributed by atoms with Gasteiger partial charge in [-0.25, -0.2) is 9.37 Å². The molecular weight excluding hydrogens is 525 g/mol. The maximum Gasteiger partial charge on any atom is 0.296 e. The van der Waals surface area contributed by atoms with Crippen molar-refractivity contribution in [3.8, 4) is 11.8 Å². The predicted molar refractivity (Wildman–Crippen MR) is 131 cm³/mol. The van der Waals surface area contributed by atoms with Crippen molar-refractivity contribution in [1.29, 1.82) is 0 Å². The number of halogens is 2. The lowest BCUT2D eigenvalue weighted by atomic mass is 10.1. The van der Waals surface area contributed by atoms with Gasteiger partial charge in [0.05, 0.1) is 29.8 Å². The van der Waals surface area contributed by atoms with Crippen molar-refractivity contribution in [2.75, 3.05) is 31.9 Å². The second-order valence-corrected chi connectivity index (χ2v) is 9.72. The van der Waals surface area contributed by atoms with Gasteiger partial charge in [-0.1, -0.05) is 11.6 Å². The Kier molecular flexibility index (Phi) is 6.70. The Labute approximate surface area is 220 Å². The molecule has 0 spiro atoms. The SMILES string of the molecule is O=C(COc1cc(F)c2c(c1)CCC2Nc1nc2nc(O[C@@H]3CO[C@H]4[C@@H]3OC[C@H]4O)[nH]c2cc1Cl)NCO. The van der Waals surface area contributed by atoms with Crippen LogP contribution in [0.25, 0.3) is 11.2 Å². The van der Waals surface area contributed by atoms with Crippen LogP contribution in [0.3, 0.4) is 0 Å². The van der Waals surface area contributed by atoms with E-state index in [-0.39, 0.29) is 43.7 Å². The zero-order valence-corrected chi connectivity index (χ0v) is 20.7. The number of nitrogens with zero attached hydrogens (tertiary/aromatic N) is 2. The molecule has 2 aliphatic heterocycles. The highest BCUT2D eigenvalue weighted by Gasteiger charge is 2.48. The fourth-order valence-electron chi connectivity index (χ4n) is 5.11. The minimum Gasteiger partial charge on any atom is -0.484 e. The number of imidazole rings is 1. The monoisotopic (exact) mass is 549 g/mol. The Morgan fingerprint density at radius 2 is 2.08 bits per heavy atom. The number of aliphatic hydroxyl groups is 2. The Morgan fingerprint density at radius 3 is 2.92 bits per heavy atom. The number of fused-ring (bicyclic) bond motifs is 3. The number of H-pyrrole nitrogens is 1. The molecule has 202 valence electrons. The van der Waals surface area contributed by atoms with Crippen LogP contribution in [0.5, 0.6) is 11.8 Å². The summed E-state index contributed by atoms with van der Waals surface area (Å²) in [5, 5.41) is 24.4. The van der Waals surface area contributed by atoms with Crippen LogP contribution in [0.4, 0.5) is 10.2 Å². The molecule has 38 heavy (non-hydrogen) atoms. The van der Waals surface area contributed by atoms with Crippen molar-refractivity contribution in [2.24, 2.45) is 0 Å². The number of aromatic nitrogens is 3. The third-order valence-corrected chi connectivity index (χ3v) is 7.13. The number of pyridine rings is 1. The van der Waals surface area contributed by atoms with E-state index in [9.17, 15) is 9.90 Å². The van der Waals surface area contributed by atoms with Gasteiger partial charge in [-0.3, -0.25) is 4.79 Å². The van der Waals surface area contributed by atoms with E-state index in [1.54, 1.807) is 12.1 Å². The van der Waals surface area contributed by atoms with Gasteiger partial charge in [0.15, 0.2) is 18.4 Å². The summed E-state index contributed by atoms with van der Waals surface area (Å²) in [6.45, 7) is -0.374. The second-order valence-electron chi connectivity index (χ2n) is 9.31. The Hall–Kier alpha value is -3.23. The minimum absolute atomic E-state index is 0.197. The summed E-state index contributed by atoms with van der Waals surface area (Å²) in [6, 6.07) is 4.43. The maximum absolute atomic E-state index is 15.1. The molecule has 0 saturated carbocycles. The third kappa shape index (κ3) is 4.71. The lowest BCUT2D eigenvalue weighted by molar-refractivity contribution is -0.124. The lowest BCUT2D eigenvalue weighted by Crippen LogP contribution is -2.34. The number of rotatable bonds is 8. The molecule has 3 aliphatic rings. The molecule has 2 aromatic heterocycles. The van der Waals surface area contributed by atoms with Gasteiger partial charge in [-0.05, 0) is 30.5 Å². The van der Waals surface area contributed by atoms with Crippen LogP contribution in [-0.4, -0.2) is 82.0 Å². The molecule has 5 N–H and O–H groups in total. The molecule has 4 heterocycles. The summed E-state index contributed by atoms with van der Waals surface area (Å²) in [6.07, 6.45) is -0.721. The molecule has 1 aromatic carbocycles. The molecular formula is C24H25ClFN5O7. The van der Waals surface area contributed by atoms with Crippen LogP contribution in [0.2, 0.25) is 5.02 Å². The number of aliphatic hydroxyl groups excluding tert-OH is 2. The Morgan fingerprint density at radius 1 is 1.24 bits per heavy atom. The molecule has 14 heteroatoms. The standard InChI is InChI=1S/C24H25ClFN5O7/c25-12-5-15-23(31-24(29-15)38-17-7-37-20-16(33)6-36-21(17)20)30-22(12)28-14-2-1-10-3-11(4-13(26)19(10)14)35-8-18(34)27-9-32/h3-5,14,16-17,20-21,32-33H,1-2,6-9H2,(H,27,34)(H2,28,29,30,31)/t14?,16-,17-,20-,21-/m1/s1. The molecule has 1 amide bonds. The number of amides is 1. The van der Waals surface area contributed by atoms with E-state index in [0.717, 1.165) is 5.56 Å². The van der Waals surface area contributed by atoms with Crippen molar-refractivity contribution >= 4 is 34.5 Å². The van der Waals surface area contributed by atoms with Gasteiger partial charge in [-0.15, -0.1) is 0 Å². The van der Waals surface area contributed by atoms with E-state index in [1.807, 2.05) is 0 Å². The summed E-state index contributed by atoms with van der Waals surface area (Å²) < 4.78 is 37.5. The molecule has 3 aromatic rings. The zero-order chi connectivity index (χ0) is 26.4. The number of carbonyl (C=O) groups excluding carboxylic acids is 1. The summed E-state index contributed by atoms with van der Waals surface area (Å²) in [4.78, 5) is 23.5. The van der Waals surface area contributed by atoms with Crippen molar-refractivity contribution in [3.05, 3.63) is 40.2 Å². The summed E-state index contributed by atoms with van der Waals surface area (Å²) in [5.41, 5.74) is 2.15. The number of carbonyl (C=O) groups is 1. The zero-order valence-electron chi connectivity index (χ0n) is 19.9. The molecule has 2 fully saturated rings. The Bertz CT molecular complexity index is 1370. The normalized spacial score (nSPS) is 25.8. The molecule has 6 rings (SSSR count). The summed E-state index contributed by atoms with van der Waals surface area (Å²) >= 11 is 6.49. The topological polar surface area (TPSA) is 160 Å². The highest BCUT2D eigenvalue weighted by molar-refractivity contribution is 6.33. The largest absolute Gasteiger partial charge is 0.484 e. The number of nitrogens with one attached hydrogen (secondary N) is 3. The van der Waals surface area contributed by atoms with Crippen LogP contribution in [-0.2, 0) is 20.7 Å². The maximum atomic E-state index is 15.1. The number of anilines is 1. The van der Waals surface area contributed by atoms with Crippen molar-refractivity contribution in [1.82, 2.24) is 20.3 Å². The first-order chi connectivity index (χ1) is 18.4. The molecule has 2 saturated heterocycles. The molecule has 0 bridgehead atoms. The second kappa shape index (κ2) is 10.2. The summed E-state index contributed by atoms with van der Waals surface area (Å²) in [5.74, 6) is -0.406. The number of benzene rings is 1. The number of aromatic amines is 1. The molecule has 1 unspecified atom stereocenters. The van der Waals surface area contributed by atoms with Gasteiger partial charge >= 0.3 is 0 Å². The van der Waals surface area contributed by atoms with Crippen molar-refractivity contribution < 1.29 is 38.3 Å². The van der Waals surface area contributed by atoms with Gasteiger partial charge in [0.2, 0.25) is 0 Å². The van der Waals surface area contributed by atoms with Crippen molar-refractivity contribution in [3.63, 3.8) is 0 Å². The Balaban J connectivity index is 1.16. The van der Waals surface area contributed by atoms with Crippen molar-refractivity contribution in [2.45, 2.75) is 43.3 Å². The van der Waals surface area contributed by atoms with Crippen LogP contribution < -0.4 is 20.1 Å². The molecule has 1 aliphatic carbocycles. The van der Waals surface area contributed by atoms with Crippen LogP contribution in [0.15, 0.2) is 18.2 Å². The van der Waals surface area contributed by atoms with Gasteiger partial charge < -0.3 is 44.8 Å². The van der Waals surface area contributed by atoms with E-state index in [0.29, 0.717) is 40.4 Å². The first kappa shape index (κ1) is 25.1. The molecule has 5 atom stereocenters. The fraction of sp³-hybridized carbons (Fsp3) is 0.458. The minimum atomic E-state index is -0.679. The highest BCUT2D eigenvalue weighted by atomic mass is 35.5. The van der Waals surface area contributed by atoms with E-state index in [1.165, 1.54) is 6.07 Å². The highest BCUT2D eigenvalue weighted by Crippen LogP contribution is 2.39. The lowest BCUT2D eigenvalue weighted by Gasteiger charge is -2.17. The van der Waals surface area contributed by atoms with Gasteiger partial charge in [0.25, 0.3) is 11.9 Å². The quantitative estimate of drug-likeness (QED) is 0.258. The third-order valence-electron chi connectivity index (χ3n) is 6.85. The number of ether oxygens (including phenoxy) is 4. The van der Waals surface area contributed by atoms with Gasteiger partial charge in [0, 0.05) is 11.6 Å². The predicted octanol–water partition coefficient (Wildman–Crippen LogP) is 1.20. The van der Waals surface area contributed by atoms with E-state index >= 15 is 4.39 Å². The smallest absolute Gasteiger partial charge is 0.296 e. The first-order valence-corrected chi connectivity index (χ1v) is 12.5. The van der Waals surface area contributed by atoms with E-state index < -0.39 is 36.8 Å². The van der Waals surface area contributed by atoms with Crippen LogP contribution in [0, 0.1) is 5.82 Å². The number of hydrogen-bond acceptors (Lipinski definition) is 10. The van der Waals surface area contributed by atoms with Crippen LogP contribution in [0.1, 0.15) is 23.6 Å². The number of hydrogen-bond donors (Lipinski definition) is 5. The summed E-state index contributed by atoms with van der Waals surface area (Å²) in [7, 11) is 0. The number of aryl methyl sites for hydroxylation is 1. The first-order valence-electron chi connectivity index (χ1n) is 12.1. The van der Waals surface area contributed by atoms with Gasteiger partial charge in [0.1, 0.15) is 42.4 Å².